The minimum atomic E-state index is -4.14. The van der Waals surface area contributed by atoms with Crippen LogP contribution in [0.1, 0.15) is 25.8 Å². The van der Waals surface area contributed by atoms with E-state index in [1.54, 1.807) is 0 Å². The lowest BCUT2D eigenvalue weighted by molar-refractivity contribution is 0.0475. The largest absolute Gasteiger partial charge is 0.497 e. The van der Waals surface area contributed by atoms with Crippen molar-refractivity contribution in [1.82, 2.24) is 5.32 Å². The summed E-state index contributed by atoms with van der Waals surface area (Å²) in [5.41, 5.74) is -2.04. The number of amidine groups is 1. The monoisotopic (exact) mass is 418 g/mol. The molecule has 0 aliphatic carbocycles. The molecule has 8 nitrogen and oxygen atoms in total. The summed E-state index contributed by atoms with van der Waals surface area (Å²) in [5.74, 6) is -0.881. The van der Waals surface area contributed by atoms with Crippen LogP contribution in [0.4, 0.5) is 4.39 Å². The van der Waals surface area contributed by atoms with Gasteiger partial charge >= 0.3 is 0 Å². The Labute approximate surface area is 164 Å². The van der Waals surface area contributed by atoms with Gasteiger partial charge in [-0.3, -0.25) is 5.41 Å². The average molecular weight is 418 g/mol. The third-order valence-electron chi connectivity index (χ3n) is 5.33. The van der Waals surface area contributed by atoms with Gasteiger partial charge in [0.1, 0.15) is 27.7 Å². The van der Waals surface area contributed by atoms with Gasteiger partial charge in [-0.25, -0.2) is 12.8 Å². The zero-order valence-corrected chi connectivity index (χ0v) is 17.1. The number of rotatable bonds is 7. The maximum atomic E-state index is 14.8. The molecule has 1 aromatic rings. The maximum absolute atomic E-state index is 14.8. The Bertz CT molecular complexity index is 844. The van der Waals surface area contributed by atoms with Crippen LogP contribution in [0.3, 0.4) is 0 Å². The molecule has 1 fully saturated rings. The fourth-order valence-electron chi connectivity index (χ4n) is 3.49. The number of benzene rings is 1. The van der Waals surface area contributed by atoms with Gasteiger partial charge < -0.3 is 25.0 Å². The molecule has 28 heavy (non-hydrogen) atoms. The predicted molar refractivity (Wildman–Crippen MR) is 102 cm³/mol. The van der Waals surface area contributed by atoms with Crippen LogP contribution < -0.4 is 10.1 Å². The second-order valence-corrected chi connectivity index (χ2v) is 10.0. The smallest absolute Gasteiger partial charge is 0.168 e. The molecular weight excluding hydrogens is 391 g/mol. The van der Waals surface area contributed by atoms with Crippen molar-refractivity contribution in [3.63, 3.8) is 0 Å². The summed E-state index contributed by atoms with van der Waals surface area (Å²) in [5, 5.41) is 30.1. The summed E-state index contributed by atoms with van der Waals surface area (Å²) >= 11 is 0. The number of halogens is 1. The number of aliphatic hydroxyl groups is 2. The van der Waals surface area contributed by atoms with E-state index in [4.69, 9.17) is 14.9 Å². The number of hydrogen-bond acceptors (Lipinski definition) is 7. The Hall–Kier alpha value is -1.75. The number of hydrogen-bond donors (Lipinski definition) is 4. The predicted octanol–water partition coefficient (Wildman–Crippen LogP) is 0.562. The van der Waals surface area contributed by atoms with E-state index in [0.717, 1.165) is 6.07 Å². The van der Waals surface area contributed by atoms with Crippen LogP contribution in [0, 0.1) is 11.2 Å². The average Bonchev–Trinajstić information content (AvgIpc) is 2.64. The molecule has 1 aliphatic rings. The van der Waals surface area contributed by atoms with Gasteiger partial charge in [-0.1, -0.05) is 0 Å². The summed E-state index contributed by atoms with van der Waals surface area (Å²) in [6.07, 6.45) is -1.49. The minimum absolute atomic E-state index is 0.133. The zero-order valence-electron chi connectivity index (χ0n) is 16.3. The van der Waals surface area contributed by atoms with Gasteiger partial charge in [-0.2, -0.15) is 0 Å². The first-order valence-corrected chi connectivity index (χ1v) is 10.2. The zero-order chi connectivity index (χ0) is 21.3. The summed E-state index contributed by atoms with van der Waals surface area (Å²) in [6, 6.07) is 3.76. The van der Waals surface area contributed by atoms with Gasteiger partial charge in [0.05, 0.1) is 31.7 Å². The Morgan fingerprint density at radius 2 is 2.00 bits per heavy atom. The van der Waals surface area contributed by atoms with Crippen molar-refractivity contribution in [3.05, 3.63) is 29.6 Å². The fourth-order valence-corrected chi connectivity index (χ4v) is 5.81. The van der Waals surface area contributed by atoms with Crippen LogP contribution >= 0.6 is 0 Å². The molecule has 0 bridgehead atoms. The molecule has 2 rings (SSSR count). The normalized spacial score (nSPS) is 27.1. The lowest BCUT2D eigenvalue weighted by Gasteiger charge is -2.50. The quantitative estimate of drug-likeness (QED) is 0.509. The summed E-state index contributed by atoms with van der Waals surface area (Å²) in [7, 11) is -1.41. The third kappa shape index (κ3) is 3.49. The molecule has 1 unspecified atom stereocenters. The molecule has 1 saturated heterocycles. The van der Waals surface area contributed by atoms with E-state index in [2.05, 4.69) is 5.32 Å². The Morgan fingerprint density at radius 3 is 2.54 bits per heavy atom. The highest BCUT2D eigenvalue weighted by Crippen LogP contribution is 2.43. The molecule has 10 heteroatoms. The van der Waals surface area contributed by atoms with Gasteiger partial charge in [0, 0.05) is 12.7 Å². The highest BCUT2D eigenvalue weighted by atomic mass is 32.2. The van der Waals surface area contributed by atoms with Crippen LogP contribution in [0.5, 0.6) is 5.75 Å². The van der Waals surface area contributed by atoms with Crippen molar-refractivity contribution in [2.75, 3.05) is 27.4 Å². The first kappa shape index (κ1) is 22.5. The van der Waals surface area contributed by atoms with E-state index in [0.29, 0.717) is 0 Å². The van der Waals surface area contributed by atoms with E-state index in [-0.39, 0.29) is 30.2 Å². The summed E-state index contributed by atoms with van der Waals surface area (Å²) in [4.78, 5) is 0. The number of aliphatic hydroxyl groups excluding tert-OH is 2. The molecule has 1 aromatic carbocycles. The maximum Gasteiger partial charge on any atom is 0.168 e. The van der Waals surface area contributed by atoms with Crippen molar-refractivity contribution in [1.29, 1.82) is 5.41 Å². The van der Waals surface area contributed by atoms with Gasteiger partial charge in [0.2, 0.25) is 0 Å². The van der Waals surface area contributed by atoms with E-state index in [1.807, 2.05) is 0 Å². The third-order valence-corrected chi connectivity index (χ3v) is 8.31. The van der Waals surface area contributed by atoms with E-state index < -0.39 is 43.9 Å². The van der Waals surface area contributed by atoms with E-state index >= 15 is 0 Å². The molecule has 0 aromatic heterocycles. The number of methoxy groups -OCH3 is 2. The van der Waals surface area contributed by atoms with Crippen LogP contribution in [0.25, 0.3) is 0 Å². The summed E-state index contributed by atoms with van der Waals surface area (Å²) in [6.45, 7) is 1.76. The molecule has 0 amide bonds. The molecule has 3 atom stereocenters. The van der Waals surface area contributed by atoms with Gasteiger partial charge in [-0.15, -0.1) is 0 Å². The number of ether oxygens (including phenoxy) is 2. The van der Waals surface area contributed by atoms with Crippen LogP contribution in [0.2, 0.25) is 0 Å². The van der Waals surface area contributed by atoms with Gasteiger partial charge in [-0.05, 0) is 38.5 Å². The lowest BCUT2D eigenvalue weighted by Crippen LogP contribution is -2.71. The van der Waals surface area contributed by atoms with Crippen molar-refractivity contribution in [2.24, 2.45) is 0 Å². The van der Waals surface area contributed by atoms with Crippen molar-refractivity contribution < 1.29 is 32.5 Å². The first-order valence-electron chi connectivity index (χ1n) is 8.70. The minimum Gasteiger partial charge on any atom is -0.497 e. The van der Waals surface area contributed by atoms with Crippen LogP contribution in [0.15, 0.2) is 18.2 Å². The fraction of sp³-hybridized carbons (Fsp3) is 0.611. The van der Waals surface area contributed by atoms with Crippen LogP contribution in [-0.2, 0) is 20.1 Å². The van der Waals surface area contributed by atoms with E-state index in [9.17, 15) is 23.0 Å². The Kier molecular flexibility index (Phi) is 6.39. The first-order chi connectivity index (χ1) is 13.0. The Balaban J connectivity index is 2.75. The highest BCUT2D eigenvalue weighted by molar-refractivity contribution is 7.94. The van der Waals surface area contributed by atoms with Crippen molar-refractivity contribution >= 4 is 15.7 Å². The standard InChI is InChI=1S/C18H27FN2O6S/c1-17(2)16(20)21-18(10-22,13-8-12(27-4)5-6-14(13)19)15(28(17,24)25)7-11(23)9-26-3/h5-6,8,11,15,22-23H,7,9-10H2,1-4H3,(H2,20,21)/t11?,15-,18-/m1/s1. The van der Waals surface area contributed by atoms with Gasteiger partial charge in [0.15, 0.2) is 9.84 Å². The molecule has 158 valence electrons. The molecule has 0 radical (unpaired) electrons. The highest BCUT2D eigenvalue weighted by Gasteiger charge is 2.60. The summed E-state index contributed by atoms with van der Waals surface area (Å²) < 4.78 is 50.0. The number of nitrogens with one attached hydrogen (secondary N) is 2. The molecule has 0 saturated carbocycles. The van der Waals surface area contributed by atoms with Crippen LogP contribution in [-0.4, -0.2) is 68.0 Å². The molecule has 1 heterocycles. The molecule has 4 N–H and O–H groups in total. The van der Waals surface area contributed by atoms with Crippen molar-refractivity contribution in [3.8, 4) is 5.75 Å². The topological polar surface area (TPSA) is 129 Å². The van der Waals surface area contributed by atoms with Crippen molar-refractivity contribution in [2.45, 2.75) is 41.9 Å². The molecule has 0 spiro atoms. The molecular formula is C18H27FN2O6S. The SMILES string of the molecule is COCC(O)C[C@@H]1[C@@](CO)(c2cc(OC)ccc2F)NC(=N)C(C)(C)S1(=O)=O. The second-order valence-electron chi connectivity index (χ2n) is 7.36. The second kappa shape index (κ2) is 7.94. The number of sulfone groups is 1. The van der Waals surface area contributed by atoms with E-state index in [1.165, 1.54) is 40.2 Å². The molecule has 1 aliphatic heterocycles. The van der Waals surface area contributed by atoms with Gasteiger partial charge in [0.25, 0.3) is 0 Å². The Morgan fingerprint density at radius 1 is 1.36 bits per heavy atom. The lowest BCUT2D eigenvalue weighted by atomic mass is 9.82.